The van der Waals surface area contributed by atoms with E-state index in [-0.39, 0.29) is 12.4 Å². The van der Waals surface area contributed by atoms with Gasteiger partial charge in [0.15, 0.2) is 5.82 Å². The Labute approximate surface area is 169 Å². The molecule has 2 heterocycles. The van der Waals surface area contributed by atoms with Crippen LogP contribution in [0.15, 0.2) is 42.6 Å². The molecule has 0 radical (unpaired) electrons. The number of halogens is 3. The first-order valence-corrected chi connectivity index (χ1v) is 8.85. The van der Waals surface area contributed by atoms with E-state index in [2.05, 4.69) is 20.4 Å². The van der Waals surface area contributed by atoms with Crippen LogP contribution in [-0.2, 0) is 4.79 Å². The van der Waals surface area contributed by atoms with Gasteiger partial charge in [-0.1, -0.05) is 12.1 Å². The molecule has 3 amide bonds. The molecule has 0 unspecified atom stereocenters. The summed E-state index contributed by atoms with van der Waals surface area (Å²) in [6.07, 6.45) is -3.37. The fourth-order valence-corrected chi connectivity index (χ4v) is 3.02. The monoisotopic (exact) mass is 424 g/mol. The van der Waals surface area contributed by atoms with Gasteiger partial charge in [0.25, 0.3) is 0 Å². The lowest BCUT2D eigenvalue weighted by atomic mass is 9.92. The third-order valence-corrected chi connectivity index (χ3v) is 4.28. The lowest BCUT2D eigenvalue weighted by molar-refractivity contribution is -0.274. The Bertz CT molecular complexity index is 942. The number of nitrogens with one attached hydrogen (secondary N) is 2. The SMILES string of the molecule is CC(C)(O)[C@@H](NC(=O)N1CC(=O)Nc2cccnc21)c1ccc(OC(F)(F)F)cc1. The van der Waals surface area contributed by atoms with Crippen LogP contribution in [0.25, 0.3) is 0 Å². The second-order valence-corrected chi connectivity index (χ2v) is 7.16. The Morgan fingerprint density at radius 2 is 1.93 bits per heavy atom. The van der Waals surface area contributed by atoms with Crippen molar-refractivity contribution >= 4 is 23.4 Å². The number of ether oxygens (including phenoxy) is 1. The molecule has 2 aromatic rings. The number of aliphatic hydroxyl groups is 1. The van der Waals surface area contributed by atoms with Crippen molar-refractivity contribution in [1.29, 1.82) is 0 Å². The highest BCUT2D eigenvalue weighted by Gasteiger charge is 2.35. The van der Waals surface area contributed by atoms with Crippen LogP contribution in [0.2, 0.25) is 0 Å². The molecule has 1 aromatic carbocycles. The first-order valence-electron chi connectivity index (χ1n) is 8.85. The van der Waals surface area contributed by atoms with E-state index in [1.807, 2.05) is 0 Å². The molecule has 1 aromatic heterocycles. The number of alkyl halides is 3. The maximum Gasteiger partial charge on any atom is 0.573 e. The molecule has 1 atom stereocenters. The second-order valence-electron chi connectivity index (χ2n) is 7.16. The first-order chi connectivity index (χ1) is 13.9. The maximum absolute atomic E-state index is 12.9. The summed E-state index contributed by atoms with van der Waals surface area (Å²) in [5.74, 6) is -0.616. The first kappa shape index (κ1) is 21.4. The van der Waals surface area contributed by atoms with Gasteiger partial charge < -0.3 is 20.5 Å². The number of anilines is 2. The predicted molar refractivity (Wildman–Crippen MR) is 101 cm³/mol. The van der Waals surface area contributed by atoms with Gasteiger partial charge in [-0.05, 0) is 43.7 Å². The molecular weight excluding hydrogens is 405 g/mol. The average Bonchev–Trinajstić information content (AvgIpc) is 2.64. The van der Waals surface area contributed by atoms with Crippen LogP contribution in [-0.4, -0.2) is 40.5 Å². The molecule has 3 N–H and O–H groups in total. The molecule has 30 heavy (non-hydrogen) atoms. The molecule has 0 aliphatic carbocycles. The van der Waals surface area contributed by atoms with Crippen molar-refractivity contribution in [2.45, 2.75) is 31.9 Å². The number of carbonyl (C=O) groups excluding carboxylic acids is 2. The van der Waals surface area contributed by atoms with Crippen molar-refractivity contribution in [3.05, 3.63) is 48.2 Å². The zero-order valence-electron chi connectivity index (χ0n) is 16.0. The lowest BCUT2D eigenvalue weighted by Crippen LogP contribution is -2.51. The Morgan fingerprint density at radius 3 is 2.53 bits per heavy atom. The van der Waals surface area contributed by atoms with Crippen LogP contribution in [0.5, 0.6) is 5.75 Å². The Morgan fingerprint density at radius 1 is 1.27 bits per heavy atom. The molecule has 11 heteroatoms. The van der Waals surface area contributed by atoms with E-state index >= 15 is 0 Å². The minimum Gasteiger partial charge on any atom is -0.406 e. The standard InChI is InChI=1S/C19H19F3N4O4/c1-18(2,29)15(11-5-7-12(8-6-11)30-19(20,21)22)25-17(28)26-10-14(27)24-13-4-3-9-23-16(13)26/h3-9,15,29H,10H2,1-2H3,(H,24,27)(H,25,28)/t15-/m0/s1. The van der Waals surface area contributed by atoms with Crippen molar-refractivity contribution in [2.75, 3.05) is 16.8 Å². The van der Waals surface area contributed by atoms with Gasteiger partial charge in [0.1, 0.15) is 12.3 Å². The van der Waals surface area contributed by atoms with E-state index in [9.17, 15) is 27.9 Å². The highest BCUT2D eigenvalue weighted by atomic mass is 19.4. The zero-order valence-corrected chi connectivity index (χ0v) is 16.0. The third kappa shape index (κ3) is 4.98. The summed E-state index contributed by atoms with van der Waals surface area (Å²) in [6.45, 7) is 2.59. The van der Waals surface area contributed by atoms with Crippen molar-refractivity contribution in [2.24, 2.45) is 0 Å². The van der Waals surface area contributed by atoms with Crippen molar-refractivity contribution < 1.29 is 32.6 Å². The van der Waals surface area contributed by atoms with Crippen molar-refractivity contribution in [1.82, 2.24) is 10.3 Å². The van der Waals surface area contributed by atoms with E-state index in [0.717, 1.165) is 17.0 Å². The van der Waals surface area contributed by atoms with Gasteiger partial charge in [-0.3, -0.25) is 9.69 Å². The molecular formula is C19H19F3N4O4. The zero-order chi connectivity index (χ0) is 22.1. The molecule has 1 aliphatic heterocycles. The van der Waals surface area contributed by atoms with Gasteiger partial charge in [0.2, 0.25) is 5.91 Å². The molecule has 3 rings (SSSR count). The predicted octanol–water partition coefficient (Wildman–Crippen LogP) is 2.96. The summed E-state index contributed by atoms with van der Waals surface area (Å²) < 4.78 is 40.9. The minimum atomic E-state index is -4.83. The molecule has 0 saturated carbocycles. The van der Waals surface area contributed by atoms with Gasteiger partial charge in [0, 0.05) is 6.20 Å². The number of pyridine rings is 1. The number of carbonyl (C=O) groups is 2. The normalized spacial score (nSPS) is 15.1. The van der Waals surface area contributed by atoms with E-state index in [4.69, 9.17) is 0 Å². The van der Waals surface area contributed by atoms with Gasteiger partial charge in [-0.2, -0.15) is 0 Å². The van der Waals surface area contributed by atoms with Crippen LogP contribution in [0.1, 0.15) is 25.5 Å². The van der Waals surface area contributed by atoms with E-state index in [1.54, 1.807) is 12.1 Å². The van der Waals surface area contributed by atoms with Gasteiger partial charge in [-0.15, -0.1) is 13.2 Å². The topological polar surface area (TPSA) is 104 Å². The second kappa shape index (κ2) is 7.82. The van der Waals surface area contributed by atoms with Crippen LogP contribution < -0.4 is 20.3 Å². The number of hydrogen-bond acceptors (Lipinski definition) is 5. The van der Waals surface area contributed by atoms with Crippen molar-refractivity contribution in [3.63, 3.8) is 0 Å². The number of hydrogen-bond donors (Lipinski definition) is 3. The van der Waals surface area contributed by atoms with Gasteiger partial charge >= 0.3 is 12.4 Å². The highest BCUT2D eigenvalue weighted by molar-refractivity contribution is 6.08. The lowest BCUT2D eigenvalue weighted by Gasteiger charge is -2.34. The number of urea groups is 1. The van der Waals surface area contributed by atoms with Crippen LogP contribution in [0.4, 0.5) is 29.5 Å². The Kier molecular flexibility index (Phi) is 5.57. The van der Waals surface area contributed by atoms with E-state index in [1.165, 1.54) is 32.2 Å². The largest absolute Gasteiger partial charge is 0.573 e. The smallest absolute Gasteiger partial charge is 0.406 e. The van der Waals surface area contributed by atoms with Gasteiger partial charge in [-0.25, -0.2) is 9.78 Å². The third-order valence-electron chi connectivity index (χ3n) is 4.28. The number of rotatable bonds is 4. The number of nitrogens with zero attached hydrogens (tertiary/aromatic N) is 2. The molecule has 0 saturated heterocycles. The maximum atomic E-state index is 12.9. The number of aromatic nitrogens is 1. The van der Waals surface area contributed by atoms with Crippen LogP contribution >= 0.6 is 0 Å². The summed E-state index contributed by atoms with van der Waals surface area (Å²) in [7, 11) is 0. The molecule has 0 spiro atoms. The quantitative estimate of drug-likeness (QED) is 0.700. The summed E-state index contributed by atoms with van der Waals surface area (Å²) in [4.78, 5) is 30.1. The number of fused-ring (bicyclic) bond motifs is 1. The summed E-state index contributed by atoms with van der Waals surface area (Å²) in [5.41, 5.74) is -0.780. The fraction of sp³-hybridized carbons (Fsp3) is 0.316. The molecule has 0 fully saturated rings. The highest BCUT2D eigenvalue weighted by Crippen LogP contribution is 2.31. The summed E-state index contributed by atoms with van der Waals surface area (Å²) >= 11 is 0. The van der Waals surface area contributed by atoms with Gasteiger partial charge in [0.05, 0.1) is 17.3 Å². The number of amides is 3. The van der Waals surface area contributed by atoms with Crippen molar-refractivity contribution in [3.8, 4) is 5.75 Å². The average molecular weight is 424 g/mol. The summed E-state index contributed by atoms with van der Waals surface area (Å²) in [6, 6.07) is 6.27. The molecule has 1 aliphatic rings. The fourth-order valence-electron chi connectivity index (χ4n) is 3.02. The van der Waals surface area contributed by atoms with Crippen LogP contribution in [0.3, 0.4) is 0 Å². The van der Waals surface area contributed by atoms with Crippen LogP contribution in [0, 0.1) is 0 Å². The molecule has 0 bridgehead atoms. The Balaban J connectivity index is 1.84. The van der Waals surface area contributed by atoms with E-state index in [0.29, 0.717) is 11.3 Å². The number of benzene rings is 1. The minimum absolute atomic E-state index is 0.234. The molecule has 8 nitrogen and oxygen atoms in total. The Hall–Kier alpha value is -3.34. The van der Waals surface area contributed by atoms with E-state index < -0.39 is 35.7 Å². The summed E-state index contributed by atoms with van der Waals surface area (Å²) in [5, 5.41) is 15.8. The molecule has 160 valence electrons.